The summed E-state index contributed by atoms with van der Waals surface area (Å²) in [7, 11) is 0. The Hall–Kier alpha value is -2.49. The fraction of sp³-hybridized carbons (Fsp3) is 0.188. The van der Waals surface area contributed by atoms with Crippen molar-refractivity contribution in [1.29, 1.82) is 0 Å². The molecule has 0 N–H and O–H groups in total. The number of nitroso groups, excluding NO2 is 1. The van der Waals surface area contributed by atoms with Crippen LogP contribution in [0.1, 0.15) is 16.7 Å². The molecule has 0 saturated carbocycles. The summed E-state index contributed by atoms with van der Waals surface area (Å²) in [5.74, 6) is 0.856. The topological polar surface area (TPSA) is 51.5 Å². The molecular formula is C16H14N2O2. The molecule has 2 heterocycles. The molecule has 3 rings (SSSR count). The first kappa shape index (κ1) is 12.5. The molecule has 4 heteroatoms. The first-order valence-corrected chi connectivity index (χ1v) is 6.48. The monoisotopic (exact) mass is 266 g/mol. The zero-order valence-corrected chi connectivity index (χ0v) is 11.0. The second-order valence-corrected chi connectivity index (χ2v) is 4.79. The SMILES string of the molecule is O=NCC1=Cc2cc(Cc3cccnc3)ccc2OC1. The third-order valence-electron chi connectivity index (χ3n) is 3.25. The molecule has 0 saturated heterocycles. The Morgan fingerprint density at radius 3 is 3.00 bits per heavy atom. The maximum Gasteiger partial charge on any atom is 0.127 e. The number of nitrogens with zero attached hydrogens (tertiary/aromatic N) is 2. The number of ether oxygens (including phenoxy) is 1. The number of aromatic nitrogens is 1. The Morgan fingerprint density at radius 1 is 1.25 bits per heavy atom. The second kappa shape index (κ2) is 5.65. The molecule has 20 heavy (non-hydrogen) atoms. The van der Waals surface area contributed by atoms with Gasteiger partial charge in [0.05, 0.1) is 0 Å². The van der Waals surface area contributed by atoms with E-state index in [0.717, 1.165) is 23.3 Å². The summed E-state index contributed by atoms with van der Waals surface area (Å²) in [6.45, 7) is 0.632. The lowest BCUT2D eigenvalue weighted by Crippen LogP contribution is -2.09. The summed E-state index contributed by atoms with van der Waals surface area (Å²) in [5, 5.41) is 2.92. The van der Waals surface area contributed by atoms with E-state index in [1.165, 1.54) is 11.1 Å². The second-order valence-electron chi connectivity index (χ2n) is 4.79. The Kier molecular flexibility index (Phi) is 3.54. The Balaban J connectivity index is 1.86. The van der Waals surface area contributed by atoms with Crippen LogP contribution in [0.3, 0.4) is 0 Å². The number of rotatable bonds is 4. The zero-order valence-electron chi connectivity index (χ0n) is 11.0. The van der Waals surface area contributed by atoms with Crippen molar-refractivity contribution in [2.24, 2.45) is 5.18 Å². The van der Waals surface area contributed by atoms with Gasteiger partial charge in [-0.3, -0.25) is 4.98 Å². The van der Waals surface area contributed by atoms with Gasteiger partial charge in [-0.25, -0.2) is 0 Å². The molecule has 0 spiro atoms. The van der Waals surface area contributed by atoms with Gasteiger partial charge in [-0.1, -0.05) is 17.3 Å². The number of fused-ring (bicyclic) bond motifs is 1. The van der Waals surface area contributed by atoms with E-state index in [4.69, 9.17) is 4.74 Å². The fourth-order valence-electron chi connectivity index (χ4n) is 2.30. The highest BCUT2D eigenvalue weighted by atomic mass is 16.5. The minimum Gasteiger partial charge on any atom is -0.489 e. The number of pyridine rings is 1. The largest absolute Gasteiger partial charge is 0.489 e. The van der Waals surface area contributed by atoms with Gasteiger partial charge < -0.3 is 4.74 Å². The molecule has 2 aromatic rings. The normalized spacial score (nSPS) is 13.1. The lowest BCUT2D eigenvalue weighted by Gasteiger charge is -2.17. The van der Waals surface area contributed by atoms with E-state index in [2.05, 4.69) is 28.4 Å². The van der Waals surface area contributed by atoms with E-state index in [0.29, 0.717) is 6.61 Å². The third-order valence-corrected chi connectivity index (χ3v) is 3.25. The van der Waals surface area contributed by atoms with Crippen LogP contribution in [0.5, 0.6) is 5.75 Å². The Morgan fingerprint density at radius 2 is 2.20 bits per heavy atom. The summed E-state index contributed by atoms with van der Waals surface area (Å²) in [4.78, 5) is 14.5. The van der Waals surface area contributed by atoms with Gasteiger partial charge >= 0.3 is 0 Å². The highest BCUT2D eigenvalue weighted by Crippen LogP contribution is 2.28. The molecule has 0 atom stereocenters. The molecule has 0 unspecified atom stereocenters. The van der Waals surface area contributed by atoms with Crippen molar-refractivity contribution >= 4 is 6.08 Å². The average Bonchev–Trinajstić information content (AvgIpc) is 2.48. The highest BCUT2D eigenvalue weighted by molar-refractivity contribution is 5.63. The molecule has 0 fully saturated rings. The molecule has 0 aliphatic carbocycles. The number of hydrogen-bond donors (Lipinski definition) is 0. The van der Waals surface area contributed by atoms with Gasteiger partial charge in [0, 0.05) is 18.0 Å². The molecule has 1 aromatic carbocycles. The summed E-state index contributed by atoms with van der Waals surface area (Å²) < 4.78 is 5.61. The molecule has 100 valence electrons. The average molecular weight is 266 g/mol. The minimum atomic E-state index is 0.187. The molecule has 4 nitrogen and oxygen atoms in total. The van der Waals surface area contributed by atoms with Crippen LogP contribution < -0.4 is 4.74 Å². The predicted octanol–water partition coefficient (Wildman–Crippen LogP) is 3.21. The number of benzene rings is 1. The van der Waals surface area contributed by atoms with Crippen molar-refractivity contribution in [2.75, 3.05) is 13.2 Å². The van der Waals surface area contributed by atoms with E-state index in [9.17, 15) is 4.91 Å². The molecule has 1 aliphatic heterocycles. The van der Waals surface area contributed by atoms with E-state index in [1.54, 1.807) is 6.20 Å². The standard InChI is InChI=1S/C16H14N2O2/c19-18-10-14-8-15-7-12(3-4-16(15)20-11-14)6-13-2-1-5-17-9-13/h1-5,7-9H,6,10-11H2. The summed E-state index contributed by atoms with van der Waals surface area (Å²) >= 11 is 0. The van der Waals surface area contributed by atoms with Crippen LogP contribution in [0.2, 0.25) is 0 Å². The van der Waals surface area contributed by atoms with Gasteiger partial charge in [-0.2, -0.15) is 4.91 Å². The highest BCUT2D eigenvalue weighted by Gasteiger charge is 2.12. The Bertz CT molecular complexity index is 651. The van der Waals surface area contributed by atoms with Crippen molar-refractivity contribution in [3.63, 3.8) is 0 Å². The van der Waals surface area contributed by atoms with Crippen LogP contribution in [-0.2, 0) is 6.42 Å². The van der Waals surface area contributed by atoms with Crippen molar-refractivity contribution in [3.05, 3.63) is 69.9 Å². The van der Waals surface area contributed by atoms with Gasteiger partial charge in [-0.15, -0.1) is 0 Å². The van der Waals surface area contributed by atoms with Crippen LogP contribution in [0, 0.1) is 4.91 Å². The fourth-order valence-corrected chi connectivity index (χ4v) is 2.30. The molecule has 1 aromatic heterocycles. The first-order valence-electron chi connectivity index (χ1n) is 6.48. The van der Waals surface area contributed by atoms with Crippen LogP contribution in [0.15, 0.2) is 53.5 Å². The van der Waals surface area contributed by atoms with Crippen molar-refractivity contribution in [2.45, 2.75) is 6.42 Å². The van der Waals surface area contributed by atoms with Gasteiger partial charge in [0.25, 0.3) is 0 Å². The van der Waals surface area contributed by atoms with Crippen LogP contribution in [0.4, 0.5) is 0 Å². The molecule has 0 bridgehead atoms. The maximum atomic E-state index is 10.3. The summed E-state index contributed by atoms with van der Waals surface area (Å²) in [6, 6.07) is 10.1. The van der Waals surface area contributed by atoms with E-state index >= 15 is 0 Å². The molecule has 0 radical (unpaired) electrons. The van der Waals surface area contributed by atoms with E-state index in [-0.39, 0.29) is 6.54 Å². The van der Waals surface area contributed by atoms with Gasteiger partial charge in [0.1, 0.15) is 18.9 Å². The van der Waals surface area contributed by atoms with Gasteiger partial charge in [0.15, 0.2) is 0 Å². The van der Waals surface area contributed by atoms with Crippen LogP contribution in [0.25, 0.3) is 6.08 Å². The van der Waals surface area contributed by atoms with Gasteiger partial charge in [0.2, 0.25) is 0 Å². The van der Waals surface area contributed by atoms with E-state index in [1.807, 2.05) is 24.4 Å². The Labute approximate surface area is 117 Å². The van der Waals surface area contributed by atoms with E-state index < -0.39 is 0 Å². The molecule has 1 aliphatic rings. The van der Waals surface area contributed by atoms with Crippen LogP contribution in [-0.4, -0.2) is 18.1 Å². The third kappa shape index (κ3) is 2.74. The molecule has 0 amide bonds. The summed E-state index contributed by atoms with van der Waals surface area (Å²) in [6.07, 6.45) is 6.46. The van der Waals surface area contributed by atoms with Crippen molar-refractivity contribution < 1.29 is 4.74 Å². The van der Waals surface area contributed by atoms with Crippen molar-refractivity contribution in [1.82, 2.24) is 4.98 Å². The smallest absolute Gasteiger partial charge is 0.127 e. The lowest BCUT2D eigenvalue weighted by atomic mass is 10.0. The lowest BCUT2D eigenvalue weighted by molar-refractivity contribution is 0.345. The first-order chi connectivity index (χ1) is 9.85. The predicted molar refractivity (Wildman–Crippen MR) is 77.6 cm³/mol. The quantitative estimate of drug-likeness (QED) is 0.798. The minimum absolute atomic E-state index is 0.187. The van der Waals surface area contributed by atoms with Gasteiger partial charge in [-0.05, 0) is 47.4 Å². The van der Waals surface area contributed by atoms with Crippen LogP contribution >= 0.6 is 0 Å². The maximum absolute atomic E-state index is 10.3. The zero-order chi connectivity index (χ0) is 13.8. The summed E-state index contributed by atoms with van der Waals surface area (Å²) in [5.41, 5.74) is 4.28. The van der Waals surface area contributed by atoms with Crippen molar-refractivity contribution in [3.8, 4) is 5.75 Å². The molecular weight excluding hydrogens is 252 g/mol. The number of hydrogen-bond acceptors (Lipinski definition) is 4.